The predicted molar refractivity (Wildman–Crippen MR) is 65.2 cm³/mol. The Kier molecular flexibility index (Phi) is 2.95. The van der Waals surface area contributed by atoms with Crippen LogP contribution in [0.25, 0.3) is 11.0 Å². The first-order valence-corrected chi connectivity index (χ1v) is 5.21. The lowest BCUT2D eigenvalue weighted by Gasteiger charge is -2.10. The summed E-state index contributed by atoms with van der Waals surface area (Å²) in [6.45, 7) is 1.58. The first-order valence-electron chi connectivity index (χ1n) is 5.21. The Hall–Kier alpha value is -2.83. The van der Waals surface area contributed by atoms with Crippen molar-refractivity contribution >= 4 is 28.5 Å². The number of carbonyl (C=O) groups excluding carboxylic acids is 1. The van der Waals surface area contributed by atoms with E-state index in [2.05, 4.69) is 5.32 Å². The lowest BCUT2D eigenvalue weighted by Crippen LogP contribution is -2.22. The highest BCUT2D eigenvalue weighted by Crippen LogP contribution is 2.33. The molecule has 1 aromatic heterocycles. The maximum atomic E-state index is 11.2. The predicted octanol–water partition coefficient (Wildman–Crippen LogP) is 0.830. The number of hydrogen-bond acceptors (Lipinski definition) is 5. The molecule has 2 aromatic rings. The topological polar surface area (TPSA) is 117 Å². The fraction of sp³-hybridized carbons (Fsp3) is 0.0833. The molecule has 7 nitrogen and oxygen atoms in total. The highest BCUT2D eigenvalue weighted by atomic mass is 16.4. The van der Waals surface area contributed by atoms with E-state index in [4.69, 9.17) is 9.52 Å². The summed E-state index contributed by atoms with van der Waals surface area (Å²) in [6.07, 6.45) is 0. The molecule has 0 saturated heterocycles. The number of amides is 1. The normalized spacial score (nSPS) is 10.4. The number of aryl methyl sites for hydroxylation is 1. The van der Waals surface area contributed by atoms with Gasteiger partial charge in [0.2, 0.25) is 0 Å². The van der Waals surface area contributed by atoms with E-state index in [1.807, 2.05) is 0 Å². The van der Waals surface area contributed by atoms with Crippen molar-refractivity contribution in [1.82, 2.24) is 0 Å². The van der Waals surface area contributed by atoms with Crippen molar-refractivity contribution in [3.63, 3.8) is 0 Å². The molecule has 7 heteroatoms. The van der Waals surface area contributed by atoms with Crippen molar-refractivity contribution in [1.29, 1.82) is 0 Å². The van der Waals surface area contributed by atoms with Gasteiger partial charge in [-0.25, -0.2) is 9.59 Å². The van der Waals surface area contributed by atoms with Gasteiger partial charge in [0.15, 0.2) is 0 Å². The minimum atomic E-state index is -1.69. The Balaban J connectivity index is 2.71. The Morgan fingerprint density at radius 3 is 2.63 bits per heavy atom. The number of aliphatic carboxylic acids is 1. The van der Waals surface area contributed by atoms with Crippen LogP contribution in [0.2, 0.25) is 0 Å². The molecule has 1 aromatic carbocycles. The number of fused-ring (bicyclic) bond motifs is 1. The van der Waals surface area contributed by atoms with Gasteiger partial charge < -0.3 is 19.9 Å². The third-order valence-electron chi connectivity index (χ3n) is 2.52. The van der Waals surface area contributed by atoms with Gasteiger partial charge >= 0.3 is 17.5 Å². The highest BCUT2D eigenvalue weighted by molar-refractivity contribution is 6.37. The zero-order valence-corrected chi connectivity index (χ0v) is 9.76. The molecule has 0 spiro atoms. The fourth-order valence-electron chi connectivity index (χ4n) is 1.73. The van der Waals surface area contributed by atoms with Crippen molar-refractivity contribution in [3.8, 4) is 5.75 Å². The molecule has 0 fully saturated rings. The molecule has 0 bridgehead atoms. The van der Waals surface area contributed by atoms with Crippen molar-refractivity contribution < 1.29 is 24.2 Å². The maximum Gasteiger partial charge on any atom is 0.394 e. The van der Waals surface area contributed by atoms with Crippen molar-refractivity contribution in [2.75, 3.05) is 5.32 Å². The Labute approximate surface area is 106 Å². The molecule has 3 N–H and O–H groups in total. The van der Waals surface area contributed by atoms with E-state index in [-0.39, 0.29) is 22.4 Å². The Morgan fingerprint density at radius 2 is 2.00 bits per heavy atom. The smallest absolute Gasteiger partial charge is 0.394 e. The molecule has 0 radical (unpaired) electrons. The average Bonchev–Trinajstić information content (AvgIpc) is 2.32. The monoisotopic (exact) mass is 263 g/mol. The van der Waals surface area contributed by atoms with E-state index in [0.717, 1.165) is 0 Å². The van der Waals surface area contributed by atoms with Crippen molar-refractivity contribution in [2.45, 2.75) is 6.92 Å². The van der Waals surface area contributed by atoms with E-state index >= 15 is 0 Å². The van der Waals surface area contributed by atoms with E-state index in [0.29, 0.717) is 5.56 Å². The summed E-state index contributed by atoms with van der Waals surface area (Å²) in [6, 6.07) is 3.73. The zero-order chi connectivity index (χ0) is 14.2. The van der Waals surface area contributed by atoms with Crippen molar-refractivity contribution in [2.24, 2.45) is 0 Å². The number of nitrogens with one attached hydrogen (secondary N) is 1. The molecule has 0 saturated carbocycles. The zero-order valence-electron chi connectivity index (χ0n) is 9.76. The molecule has 0 aliphatic carbocycles. The van der Waals surface area contributed by atoms with Gasteiger partial charge in [-0.1, -0.05) is 0 Å². The molecule has 0 unspecified atom stereocenters. The molecule has 19 heavy (non-hydrogen) atoms. The first-order chi connectivity index (χ1) is 8.90. The number of hydrogen-bond donors (Lipinski definition) is 3. The third-order valence-corrected chi connectivity index (χ3v) is 2.52. The number of rotatable bonds is 1. The second-order valence-corrected chi connectivity index (χ2v) is 3.84. The number of anilines is 1. The van der Waals surface area contributed by atoms with Crippen LogP contribution in [0.3, 0.4) is 0 Å². The van der Waals surface area contributed by atoms with Gasteiger partial charge in [0.1, 0.15) is 11.3 Å². The molecule has 1 heterocycles. The number of phenols is 1. The quantitative estimate of drug-likeness (QED) is 0.398. The van der Waals surface area contributed by atoms with Crippen LogP contribution in [-0.4, -0.2) is 22.1 Å². The molecule has 0 atom stereocenters. The summed E-state index contributed by atoms with van der Waals surface area (Å²) < 4.78 is 4.91. The van der Waals surface area contributed by atoms with Crippen molar-refractivity contribution in [3.05, 3.63) is 34.2 Å². The first kappa shape index (κ1) is 12.6. The van der Waals surface area contributed by atoms with E-state index < -0.39 is 17.5 Å². The molecule has 0 aliphatic rings. The average molecular weight is 263 g/mol. The summed E-state index contributed by atoms with van der Waals surface area (Å²) >= 11 is 0. The van der Waals surface area contributed by atoms with Crippen LogP contribution in [0.1, 0.15) is 5.56 Å². The summed E-state index contributed by atoms with van der Waals surface area (Å²) in [7, 11) is 0. The maximum absolute atomic E-state index is 11.2. The Bertz CT molecular complexity index is 746. The fourth-order valence-corrected chi connectivity index (χ4v) is 1.73. The van der Waals surface area contributed by atoms with Crippen LogP contribution in [0.4, 0.5) is 5.69 Å². The van der Waals surface area contributed by atoms with Gasteiger partial charge in [0.25, 0.3) is 0 Å². The summed E-state index contributed by atoms with van der Waals surface area (Å²) in [5.74, 6) is -3.31. The van der Waals surface area contributed by atoms with Gasteiger partial charge in [-0.2, -0.15) is 0 Å². The summed E-state index contributed by atoms with van der Waals surface area (Å²) in [5, 5.41) is 20.6. The van der Waals surface area contributed by atoms with E-state index in [1.165, 1.54) is 18.2 Å². The number of benzene rings is 1. The van der Waals surface area contributed by atoms with Gasteiger partial charge in [0, 0.05) is 11.5 Å². The SMILES string of the molecule is Cc1cc(=O)oc2ccc(O)c(NC(=O)C(=O)O)c12. The molecule has 1 amide bonds. The van der Waals surface area contributed by atoms with Crippen LogP contribution in [-0.2, 0) is 9.59 Å². The minimum absolute atomic E-state index is 0.105. The van der Waals surface area contributed by atoms with Gasteiger partial charge in [-0.3, -0.25) is 4.79 Å². The standard InChI is InChI=1S/C12H9NO6/c1-5-4-8(15)19-7-3-2-6(14)10(9(5)7)13-11(16)12(17)18/h2-4,14H,1H3,(H,13,16)(H,17,18). The van der Waals surface area contributed by atoms with Gasteiger partial charge in [-0.15, -0.1) is 0 Å². The molecule has 2 rings (SSSR count). The second kappa shape index (κ2) is 4.45. The lowest BCUT2D eigenvalue weighted by atomic mass is 10.1. The van der Waals surface area contributed by atoms with E-state index in [1.54, 1.807) is 6.92 Å². The van der Waals surface area contributed by atoms with Gasteiger partial charge in [0.05, 0.1) is 5.69 Å². The Morgan fingerprint density at radius 1 is 1.32 bits per heavy atom. The highest BCUT2D eigenvalue weighted by Gasteiger charge is 2.18. The summed E-state index contributed by atoms with van der Waals surface area (Å²) in [4.78, 5) is 32.9. The molecule has 98 valence electrons. The minimum Gasteiger partial charge on any atom is -0.506 e. The van der Waals surface area contributed by atoms with Crippen LogP contribution in [0, 0.1) is 6.92 Å². The molecule has 0 aliphatic heterocycles. The number of carbonyl (C=O) groups is 2. The van der Waals surface area contributed by atoms with Crippen LogP contribution < -0.4 is 10.9 Å². The number of phenolic OH excluding ortho intramolecular Hbond substituents is 1. The largest absolute Gasteiger partial charge is 0.506 e. The third kappa shape index (κ3) is 2.25. The van der Waals surface area contributed by atoms with Crippen LogP contribution >= 0.6 is 0 Å². The summed E-state index contributed by atoms with van der Waals surface area (Å²) in [5.41, 5.74) is -0.0938. The van der Waals surface area contributed by atoms with Crippen LogP contribution in [0.5, 0.6) is 5.75 Å². The second-order valence-electron chi connectivity index (χ2n) is 3.84. The molecular formula is C12H9NO6. The number of aromatic hydroxyl groups is 1. The molecular weight excluding hydrogens is 254 g/mol. The van der Waals surface area contributed by atoms with Gasteiger partial charge in [-0.05, 0) is 24.6 Å². The lowest BCUT2D eigenvalue weighted by molar-refractivity contribution is -0.147. The number of carboxylic acid groups (broad SMARTS) is 1. The van der Waals surface area contributed by atoms with Crippen LogP contribution in [0.15, 0.2) is 27.4 Å². The van der Waals surface area contributed by atoms with E-state index in [9.17, 15) is 19.5 Å². The number of carboxylic acids is 1.